The Morgan fingerprint density at radius 1 is 1.16 bits per heavy atom. The van der Waals surface area contributed by atoms with Crippen molar-refractivity contribution >= 4 is 5.69 Å². The Labute approximate surface area is 111 Å². The third kappa shape index (κ3) is 3.86. The Morgan fingerprint density at radius 3 is 2.42 bits per heavy atom. The van der Waals surface area contributed by atoms with Gasteiger partial charge in [-0.1, -0.05) is 0 Å². The van der Waals surface area contributed by atoms with E-state index in [4.69, 9.17) is 4.74 Å². The van der Waals surface area contributed by atoms with Crippen molar-refractivity contribution in [1.29, 1.82) is 0 Å². The van der Waals surface area contributed by atoms with E-state index in [9.17, 15) is 13.2 Å². The molecule has 0 amide bonds. The minimum atomic E-state index is -4.27. The van der Waals surface area contributed by atoms with Gasteiger partial charge in [-0.25, -0.2) is 0 Å². The van der Waals surface area contributed by atoms with E-state index in [1.807, 2.05) is 0 Å². The van der Waals surface area contributed by atoms with Gasteiger partial charge in [0.25, 0.3) is 0 Å². The highest BCUT2D eigenvalue weighted by Gasteiger charge is 2.30. The Balaban J connectivity index is 1.96. The molecule has 1 saturated carbocycles. The third-order valence-corrected chi connectivity index (χ3v) is 3.54. The first-order chi connectivity index (χ1) is 8.99. The van der Waals surface area contributed by atoms with E-state index in [1.165, 1.54) is 12.1 Å². The standard InChI is InChI=1S/C14H18F3NO/c1-19-13-4-2-3-12(9-13)18-11-7-5-10(6-8-11)14(15,16)17/h5-8,12-13,18H,2-4,9H2,1H3. The SMILES string of the molecule is COC1CCCC(Nc2ccc(C(F)(F)F)cc2)C1. The molecular weight excluding hydrogens is 255 g/mol. The number of hydrogen-bond donors (Lipinski definition) is 1. The molecule has 0 radical (unpaired) electrons. The van der Waals surface area contributed by atoms with Crippen LogP contribution in [-0.2, 0) is 10.9 Å². The number of benzene rings is 1. The molecule has 0 saturated heterocycles. The second-order valence-corrected chi connectivity index (χ2v) is 4.94. The van der Waals surface area contributed by atoms with Gasteiger partial charge in [-0.05, 0) is 49.9 Å². The normalized spacial score (nSPS) is 24.2. The summed E-state index contributed by atoms with van der Waals surface area (Å²) in [7, 11) is 1.70. The maximum Gasteiger partial charge on any atom is 0.416 e. The van der Waals surface area contributed by atoms with Crippen molar-refractivity contribution in [2.75, 3.05) is 12.4 Å². The predicted octanol–water partition coefficient (Wildman–Crippen LogP) is 4.07. The third-order valence-electron chi connectivity index (χ3n) is 3.54. The van der Waals surface area contributed by atoms with Crippen molar-refractivity contribution in [2.45, 2.75) is 44.0 Å². The fraction of sp³-hybridized carbons (Fsp3) is 0.571. The van der Waals surface area contributed by atoms with Gasteiger partial charge in [-0.3, -0.25) is 0 Å². The first-order valence-corrected chi connectivity index (χ1v) is 6.45. The van der Waals surface area contributed by atoms with Crippen molar-refractivity contribution in [3.63, 3.8) is 0 Å². The van der Waals surface area contributed by atoms with Crippen LogP contribution in [0.3, 0.4) is 0 Å². The largest absolute Gasteiger partial charge is 0.416 e. The summed E-state index contributed by atoms with van der Waals surface area (Å²) >= 11 is 0. The van der Waals surface area contributed by atoms with Gasteiger partial charge < -0.3 is 10.1 Å². The van der Waals surface area contributed by atoms with Crippen LogP contribution in [0.4, 0.5) is 18.9 Å². The van der Waals surface area contributed by atoms with Gasteiger partial charge in [0.05, 0.1) is 11.7 Å². The van der Waals surface area contributed by atoms with E-state index in [2.05, 4.69) is 5.32 Å². The molecule has 2 unspecified atom stereocenters. The number of anilines is 1. The molecule has 1 fully saturated rings. The average Bonchev–Trinajstić information content (AvgIpc) is 2.38. The summed E-state index contributed by atoms with van der Waals surface area (Å²) in [5.74, 6) is 0. The zero-order valence-corrected chi connectivity index (χ0v) is 10.8. The van der Waals surface area contributed by atoms with Crippen molar-refractivity contribution in [3.05, 3.63) is 29.8 Å². The quantitative estimate of drug-likeness (QED) is 0.896. The summed E-state index contributed by atoms with van der Waals surface area (Å²) in [4.78, 5) is 0. The molecule has 0 aromatic heterocycles. The zero-order valence-electron chi connectivity index (χ0n) is 10.8. The zero-order chi connectivity index (χ0) is 13.9. The Hall–Kier alpha value is -1.23. The van der Waals surface area contributed by atoms with Gasteiger partial charge in [-0.15, -0.1) is 0 Å². The minimum Gasteiger partial charge on any atom is -0.382 e. The molecule has 5 heteroatoms. The van der Waals surface area contributed by atoms with Gasteiger partial charge in [-0.2, -0.15) is 13.2 Å². The number of ether oxygens (including phenoxy) is 1. The van der Waals surface area contributed by atoms with E-state index >= 15 is 0 Å². The van der Waals surface area contributed by atoms with Crippen LogP contribution < -0.4 is 5.32 Å². The van der Waals surface area contributed by atoms with Crippen LogP contribution in [0.15, 0.2) is 24.3 Å². The van der Waals surface area contributed by atoms with Crippen molar-refractivity contribution in [1.82, 2.24) is 0 Å². The van der Waals surface area contributed by atoms with Crippen LogP contribution in [0.5, 0.6) is 0 Å². The molecule has 0 spiro atoms. The fourth-order valence-corrected chi connectivity index (χ4v) is 2.48. The molecular formula is C14H18F3NO. The average molecular weight is 273 g/mol. The van der Waals surface area contributed by atoms with E-state index in [0.29, 0.717) is 0 Å². The highest BCUT2D eigenvalue weighted by atomic mass is 19.4. The number of halogens is 3. The second kappa shape index (κ2) is 5.82. The molecule has 19 heavy (non-hydrogen) atoms. The molecule has 0 aliphatic heterocycles. The fourth-order valence-electron chi connectivity index (χ4n) is 2.48. The smallest absolute Gasteiger partial charge is 0.382 e. The highest BCUT2D eigenvalue weighted by molar-refractivity contribution is 5.46. The summed E-state index contributed by atoms with van der Waals surface area (Å²) in [6.07, 6.45) is 0.0437. The van der Waals surface area contributed by atoms with Crippen molar-refractivity contribution in [3.8, 4) is 0 Å². The van der Waals surface area contributed by atoms with Crippen LogP contribution in [0.2, 0.25) is 0 Å². The van der Waals surface area contributed by atoms with Gasteiger partial charge in [0.1, 0.15) is 0 Å². The lowest BCUT2D eigenvalue weighted by Gasteiger charge is -2.29. The molecule has 106 valence electrons. The predicted molar refractivity (Wildman–Crippen MR) is 68.1 cm³/mol. The van der Waals surface area contributed by atoms with Crippen molar-refractivity contribution < 1.29 is 17.9 Å². The number of hydrogen-bond acceptors (Lipinski definition) is 2. The van der Waals surface area contributed by atoms with Gasteiger partial charge in [0.2, 0.25) is 0 Å². The molecule has 1 aromatic carbocycles. The van der Waals surface area contributed by atoms with Gasteiger partial charge in [0, 0.05) is 18.8 Å². The maximum absolute atomic E-state index is 12.4. The molecule has 1 aliphatic carbocycles. The molecule has 0 bridgehead atoms. The molecule has 2 rings (SSSR count). The number of nitrogens with one attached hydrogen (secondary N) is 1. The molecule has 0 heterocycles. The minimum absolute atomic E-state index is 0.251. The van der Waals surface area contributed by atoms with Gasteiger partial charge >= 0.3 is 6.18 Å². The van der Waals surface area contributed by atoms with Crippen LogP contribution in [-0.4, -0.2) is 19.3 Å². The lowest BCUT2D eigenvalue weighted by molar-refractivity contribution is -0.137. The molecule has 1 aromatic rings. The topological polar surface area (TPSA) is 21.3 Å². The van der Waals surface area contributed by atoms with Crippen LogP contribution in [0.25, 0.3) is 0 Å². The second-order valence-electron chi connectivity index (χ2n) is 4.94. The number of methoxy groups -OCH3 is 1. The first kappa shape index (κ1) is 14.2. The molecule has 1 N–H and O–H groups in total. The summed E-state index contributed by atoms with van der Waals surface area (Å²) in [5.41, 5.74) is 0.117. The van der Waals surface area contributed by atoms with Gasteiger partial charge in [0.15, 0.2) is 0 Å². The summed E-state index contributed by atoms with van der Waals surface area (Å²) in [5, 5.41) is 3.28. The summed E-state index contributed by atoms with van der Waals surface area (Å²) in [6, 6.07) is 5.46. The lowest BCUT2D eigenvalue weighted by Crippen LogP contribution is -2.30. The monoisotopic (exact) mass is 273 g/mol. The van der Waals surface area contributed by atoms with E-state index in [-0.39, 0.29) is 12.1 Å². The van der Waals surface area contributed by atoms with E-state index in [1.54, 1.807) is 7.11 Å². The first-order valence-electron chi connectivity index (χ1n) is 6.45. The lowest BCUT2D eigenvalue weighted by atomic mass is 9.92. The Kier molecular flexibility index (Phi) is 4.34. The van der Waals surface area contributed by atoms with E-state index in [0.717, 1.165) is 43.5 Å². The maximum atomic E-state index is 12.4. The highest BCUT2D eigenvalue weighted by Crippen LogP contribution is 2.30. The van der Waals surface area contributed by atoms with Crippen LogP contribution >= 0.6 is 0 Å². The van der Waals surface area contributed by atoms with Crippen LogP contribution in [0.1, 0.15) is 31.2 Å². The van der Waals surface area contributed by atoms with Crippen molar-refractivity contribution in [2.24, 2.45) is 0 Å². The molecule has 2 nitrogen and oxygen atoms in total. The van der Waals surface area contributed by atoms with E-state index < -0.39 is 11.7 Å². The Morgan fingerprint density at radius 2 is 1.84 bits per heavy atom. The number of alkyl halides is 3. The molecule has 1 aliphatic rings. The summed E-state index contributed by atoms with van der Waals surface area (Å²) < 4.78 is 42.6. The van der Waals surface area contributed by atoms with Crippen LogP contribution in [0, 0.1) is 0 Å². The molecule has 2 atom stereocenters. The number of rotatable bonds is 3. The Bertz CT molecular complexity index is 402. The summed E-state index contributed by atoms with van der Waals surface area (Å²) in [6.45, 7) is 0.